The number of halogens is 3. The van der Waals surface area contributed by atoms with E-state index in [-0.39, 0.29) is 38.3 Å². The van der Waals surface area contributed by atoms with Gasteiger partial charge in [-0.15, -0.1) is 0 Å². The lowest BCUT2D eigenvalue weighted by molar-refractivity contribution is -0.153. The van der Waals surface area contributed by atoms with Crippen molar-refractivity contribution in [2.45, 2.75) is 42.8 Å². The summed E-state index contributed by atoms with van der Waals surface area (Å²) in [5.41, 5.74) is 2.32. The molecule has 0 fully saturated rings. The fourth-order valence-electron chi connectivity index (χ4n) is 3.65. The molecule has 2 aromatic heterocycles. The number of hydrogen-bond acceptors (Lipinski definition) is 6. The van der Waals surface area contributed by atoms with E-state index < -0.39 is 33.6 Å². The van der Waals surface area contributed by atoms with Crippen LogP contribution in [-0.4, -0.2) is 39.4 Å². The Labute approximate surface area is 208 Å². The van der Waals surface area contributed by atoms with Gasteiger partial charge in [0.15, 0.2) is 6.61 Å². The van der Waals surface area contributed by atoms with Gasteiger partial charge < -0.3 is 4.74 Å². The molecule has 0 N–H and O–H groups in total. The van der Waals surface area contributed by atoms with E-state index in [0.717, 1.165) is 9.54 Å². The van der Waals surface area contributed by atoms with Crippen LogP contribution in [0.5, 0.6) is 5.75 Å². The zero-order valence-corrected chi connectivity index (χ0v) is 21.2. The first kappa shape index (κ1) is 25.8. The first-order valence-electron chi connectivity index (χ1n) is 10.7. The molecule has 2 heterocycles. The molecule has 0 amide bonds. The van der Waals surface area contributed by atoms with Crippen molar-refractivity contribution in [2.75, 3.05) is 6.61 Å². The number of rotatable bonds is 7. The molecule has 0 aliphatic heterocycles. The zero-order chi connectivity index (χ0) is 26.3. The summed E-state index contributed by atoms with van der Waals surface area (Å²) in [5, 5.41) is -0.208. The van der Waals surface area contributed by atoms with Crippen molar-refractivity contribution in [3.8, 4) is 5.75 Å². The molecule has 0 saturated heterocycles. The van der Waals surface area contributed by atoms with E-state index in [1.54, 1.807) is 56.3 Å². The molecule has 0 spiro atoms. The van der Waals surface area contributed by atoms with Gasteiger partial charge in [-0.1, -0.05) is 24.3 Å². The van der Waals surface area contributed by atoms with Crippen molar-refractivity contribution in [2.24, 2.45) is 0 Å². The summed E-state index contributed by atoms with van der Waals surface area (Å²) >= 11 is 0. The Balaban J connectivity index is 1.78. The second-order valence-electron chi connectivity index (χ2n) is 8.20. The highest BCUT2D eigenvalue weighted by atomic mass is 32.2. The smallest absolute Gasteiger partial charge is 0.422 e. The summed E-state index contributed by atoms with van der Waals surface area (Å²) in [6.45, 7) is 3.46. The third-order valence-electron chi connectivity index (χ3n) is 5.47. The van der Waals surface area contributed by atoms with Crippen LogP contribution in [0, 0.1) is 20.8 Å². The number of para-hydroxylation sites is 2. The number of imidazole rings is 1. The minimum atomic E-state index is -4.52. The maximum atomic E-state index is 13.8. The van der Waals surface area contributed by atoms with Crippen molar-refractivity contribution < 1.29 is 30.5 Å². The van der Waals surface area contributed by atoms with E-state index in [0.29, 0.717) is 11.1 Å². The standard InChI is InChI=1S/C24H22F3N3O4S2/c1-15-8-9-16(2)22(12-15)36(32,33)30-20-7-5-4-6-18(20)29-23(30)35(31)13-19-17(3)21(10-11-28-19)34-14-24(25,26)27/h4-12H,13-14H2,1-3H3. The normalized spacial score (nSPS) is 13.2. The van der Waals surface area contributed by atoms with Gasteiger partial charge in [0.05, 0.1) is 38.2 Å². The average Bonchev–Trinajstić information content (AvgIpc) is 3.21. The van der Waals surface area contributed by atoms with Crippen LogP contribution in [0.1, 0.15) is 22.4 Å². The van der Waals surface area contributed by atoms with Crippen LogP contribution in [0.2, 0.25) is 0 Å². The fraction of sp³-hybridized carbons (Fsp3) is 0.250. The number of nitrogens with zero attached hydrogens (tertiary/aromatic N) is 3. The number of ether oxygens (including phenoxy) is 1. The second kappa shape index (κ2) is 9.66. The lowest BCUT2D eigenvalue weighted by atomic mass is 10.2. The molecule has 4 aromatic rings. The molecule has 0 aliphatic carbocycles. The molecule has 2 aromatic carbocycles. The number of benzene rings is 2. The summed E-state index contributed by atoms with van der Waals surface area (Å²) < 4.78 is 84.8. The van der Waals surface area contributed by atoms with Gasteiger partial charge in [-0.25, -0.2) is 17.4 Å². The van der Waals surface area contributed by atoms with Crippen molar-refractivity contribution >= 4 is 31.9 Å². The molecule has 1 atom stereocenters. The molecule has 0 radical (unpaired) electrons. The quantitative estimate of drug-likeness (QED) is 0.335. The molecule has 7 nitrogen and oxygen atoms in total. The topological polar surface area (TPSA) is 91.2 Å². The van der Waals surface area contributed by atoms with Crippen molar-refractivity contribution in [3.05, 3.63) is 77.1 Å². The lowest BCUT2D eigenvalue weighted by Gasteiger charge is -2.14. The SMILES string of the molecule is Cc1ccc(C)c(S(=O)(=O)n2c(S(=O)Cc3nccc(OCC(F)(F)F)c3C)nc3ccccc32)c1. The van der Waals surface area contributed by atoms with Gasteiger partial charge in [0, 0.05) is 11.8 Å². The summed E-state index contributed by atoms with van der Waals surface area (Å²) in [5.74, 6) is -0.327. The molecule has 4 rings (SSSR count). The van der Waals surface area contributed by atoms with Crippen molar-refractivity contribution in [1.29, 1.82) is 0 Å². The van der Waals surface area contributed by atoms with Crippen LogP contribution >= 0.6 is 0 Å². The molecule has 0 aliphatic rings. The number of aryl methyl sites for hydroxylation is 2. The summed E-state index contributed by atoms with van der Waals surface area (Å²) in [4.78, 5) is 8.54. The van der Waals surface area contributed by atoms with Gasteiger partial charge in [-0.05, 0) is 56.2 Å². The number of fused-ring (bicyclic) bond motifs is 1. The van der Waals surface area contributed by atoms with E-state index in [4.69, 9.17) is 4.74 Å². The third-order valence-corrected chi connectivity index (χ3v) is 8.65. The predicted molar refractivity (Wildman–Crippen MR) is 129 cm³/mol. The highest BCUT2D eigenvalue weighted by Gasteiger charge is 2.30. The molecule has 36 heavy (non-hydrogen) atoms. The van der Waals surface area contributed by atoms with E-state index in [9.17, 15) is 25.8 Å². The Morgan fingerprint density at radius 1 is 1.06 bits per heavy atom. The van der Waals surface area contributed by atoms with E-state index in [1.807, 2.05) is 0 Å². The van der Waals surface area contributed by atoms with Gasteiger partial charge in [0.1, 0.15) is 5.75 Å². The van der Waals surface area contributed by atoms with E-state index in [1.165, 1.54) is 19.2 Å². The van der Waals surface area contributed by atoms with Crippen LogP contribution in [0.15, 0.2) is 64.8 Å². The maximum absolute atomic E-state index is 13.8. The molecular weight excluding hydrogens is 515 g/mol. The largest absolute Gasteiger partial charge is 0.484 e. The van der Waals surface area contributed by atoms with Gasteiger partial charge in [0.25, 0.3) is 10.0 Å². The molecule has 190 valence electrons. The Bertz CT molecular complexity index is 1580. The highest BCUT2D eigenvalue weighted by Crippen LogP contribution is 2.29. The number of aromatic nitrogens is 3. The van der Waals surface area contributed by atoms with Gasteiger partial charge in [-0.3, -0.25) is 9.19 Å². The Kier molecular flexibility index (Phi) is 6.93. The minimum absolute atomic E-state index is 0.0502. The summed E-state index contributed by atoms with van der Waals surface area (Å²) in [7, 11) is -6.21. The number of hydrogen-bond donors (Lipinski definition) is 0. The minimum Gasteiger partial charge on any atom is -0.484 e. The Hall–Kier alpha value is -3.25. The Morgan fingerprint density at radius 2 is 1.78 bits per heavy atom. The Morgan fingerprint density at radius 3 is 2.50 bits per heavy atom. The first-order valence-corrected chi connectivity index (χ1v) is 13.5. The van der Waals surface area contributed by atoms with Crippen LogP contribution in [0.25, 0.3) is 11.0 Å². The average molecular weight is 538 g/mol. The fourth-order valence-corrected chi connectivity index (χ4v) is 7.01. The van der Waals surface area contributed by atoms with Gasteiger partial charge in [-0.2, -0.15) is 13.2 Å². The summed E-state index contributed by atoms with van der Waals surface area (Å²) in [6.07, 6.45) is -3.27. The highest BCUT2D eigenvalue weighted by molar-refractivity contribution is 7.91. The monoisotopic (exact) mass is 537 g/mol. The zero-order valence-electron chi connectivity index (χ0n) is 19.5. The predicted octanol–water partition coefficient (Wildman–Crippen LogP) is 4.84. The van der Waals surface area contributed by atoms with Crippen LogP contribution < -0.4 is 4.74 Å². The van der Waals surface area contributed by atoms with Crippen LogP contribution in [0.4, 0.5) is 13.2 Å². The third kappa shape index (κ3) is 5.14. The molecule has 0 bridgehead atoms. The molecule has 1 unspecified atom stereocenters. The van der Waals surface area contributed by atoms with Crippen molar-refractivity contribution in [3.63, 3.8) is 0 Å². The van der Waals surface area contributed by atoms with E-state index in [2.05, 4.69) is 9.97 Å². The number of alkyl halides is 3. The van der Waals surface area contributed by atoms with Crippen molar-refractivity contribution in [1.82, 2.24) is 13.9 Å². The van der Waals surface area contributed by atoms with Crippen LogP contribution in [-0.2, 0) is 26.6 Å². The maximum Gasteiger partial charge on any atom is 0.422 e. The van der Waals surface area contributed by atoms with Crippen LogP contribution in [0.3, 0.4) is 0 Å². The molecule has 12 heteroatoms. The summed E-state index contributed by atoms with van der Waals surface area (Å²) in [6, 6.07) is 12.8. The number of pyridine rings is 1. The van der Waals surface area contributed by atoms with Gasteiger partial charge >= 0.3 is 6.18 Å². The van der Waals surface area contributed by atoms with Gasteiger partial charge in [0.2, 0.25) is 5.16 Å². The first-order chi connectivity index (χ1) is 16.9. The second-order valence-corrected chi connectivity index (χ2v) is 11.3. The lowest BCUT2D eigenvalue weighted by Crippen LogP contribution is -2.20. The van der Waals surface area contributed by atoms with E-state index >= 15 is 0 Å². The molecule has 0 saturated carbocycles. The molecular formula is C24H22F3N3O4S2.